The smallest absolute Gasteiger partial charge is 0.0548 e. The standard InChI is InChI=1S/C54H35N3/c1-4-14-40(15-5-1)55-49-22-12-10-20-43(49)45-32-38(28-30-51(45)55)36-24-26-37(27-25-36)39-29-31-52-46(33-39)48-35-53-47(34-54(48)57(52)42-18-8-3-9-19-42)44-21-11-13-23-50(44)56(53)41-16-6-2-7-17-41/h1-35H. The molecule has 0 atom stereocenters. The fourth-order valence-corrected chi connectivity index (χ4v) is 9.23. The number of para-hydroxylation sites is 5. The van der Waals surface area contributed by atoms with Crippen LogP contribution in [0.3, 0.4) is 0 Å². The minimum Gasteiger partial charge on any atom is -0.309 e. The van der Waals surface area contributed by atoms with E-state index < -0.39 is 0 Å². The molecule has 0 unspecified atom stereocenters. The van der Waals surface area contributed by atoms with Gasteiger partial charge in [-0.25, -0.2) is 0 Å². The van der Waals surface area contributed by atoms with Crippen LogP contribution in [0.25, 0.3) is 105 Å². The quantitative estimate of drug-likeness (QED) is 0.168. The first-order chi connectivity index (χ1) is 28.3. The predicted molar refractivity (Wildman–Crippen MR) is 240 cm³/mol. The lowest BCUT2D eigenvalue weighted by Crippen LogP contribution is -1.94. The summed E-state index contributed by atoms with van der Waals surface area (Å²) in [6.07, 6.45) is 0. The van der Waals surface area contributed by atoms with Gasteiger partial charge in [0.15, 0.2) is 0 Å². The van der Waals surface area contributed by atoms with E-state index in [0.717, 1.165) is 11.4 Å². The van der Waals surface area contributed by atoms with Gasteiger partial charge < -0.3 is 13.7 Å². The molecule has 0 saturated carbocycles. The number of aromatic nitrogens is 3. The Labute approximate surface area is 329 Å². The van der Waals surface area contributed by atoms with Crippen LogP contribution in [-0.2, 0) is 0 Å². The fraction of sp³-hybridized carbons (Fsp3) is 0. The Morgan fingerprint density at radius 1 is 0.193 bits per heavy atom. The second-order valence-corrected chi connectivity index (χ2v) is 15.0. The third-order valence-electron chi connectivity index (χ3n) is 11.8. The van der Waals surface area contributed by atoms with E-state index in [1.54, 1.807) is 0 Å². The topological polar surface area (TPSA) is 14.8 Å². The number of fused-ring (bicyclic) bond motifs is 9. The van der Waals surface area contributed by atoms with Gasteiger partial charge in [-0.1, -0.05) is 127 Å². The maximum Gasteiger partial charge on any atom is 0.0548 e. The van der Waals surface area contributed by atoms with Crippen LogP contribution in [0.5, 0.6) is 0 Å². The molecule has 0 fully saturated rings. The molecule has 0 saturated heterocycles. The van der Waals surface area contributed by atoms with Crippen molar-refractivity contribution >= 4 is 65.4 Å². The maximum atomic E-state index is 2.43. The molecule has 9 aromatic carbocycles. The van der Waals surface area contributed by atoms with E-state index in [2.05, 4.69) is 226 Å². The van der Waals surface area contributed by atoms with Crippen molar-refractivity contribution in [3.8, 4) is 39.3 Å². The third-order valence-corrected chi connectivity index (χ3v) is 11.8. The van der Waals surface area contributed by atoms with Crippen molar-refractivity contribution in [2.24, 2.45) is 0 Å². The molecule has 0 radical (unpaired) electrons. The highest BCUT2D eigenvalue weighted by molar-refractivity contribution is 6.19. The molecule has 0 aliphatic heterocycles. The van der Waals surface area contributed by atoms with Gasteiger partial charge >= 0.3 is 0 Å². The largest absolute Gasteiger partial charge is 0.309 e. The Kier molecular flexibility index (Phi) is 6.93. The molecule has 266 valence electrons. The third kappa shape index (κ3) is 4.86. The van der Waals surface area contributed by atoms with E-state index in [1.807, 2.05) is 0 Å². The molecular formula is C54H35N3. The second-order valence-electron chi connectivity index (χ2n) is 15.0. The molecule has 3 aromatic heterocycles. The number of benzene rings is 9. The fourth-order valence-electron chi connectivity index (χ4n) is 9.23. The molecule has 0 aliphatic carbocycles. The summed E-state index contributed by atoms with van der Waals surface area (Å²) in [7, 11) is 0. The van der Waals surface area contributed by atoms with Gasteiger partial charge in [-0.05, 0) is 107 Å². The highest BCUT2D eigenvalue weighted by Crippen LogP contribution is 2.41. The predicted octanol–water partition coefficient (Wildman–Crippen LogP) is 14.3. The van der Waals surface area contributed by atoms with E-state index in [1.165, 1.54) is 93.4 Å². The molecule has 3 nitrogen and oxygen atoms in total. The molecule has 0 aliphatic rings. The van der Waals surface area contributed by atoms with Gasteiger partial charge in [-0.2, -0.15) is 0 Å². The molecule has 0 amide bonds. The van der Waals surface area contributed by atoms with Crippen LogP contribution in [0.4, 0.5) is 0 Å². The first-order valence-corrected chi connectivity index (χ1v) is 19.6. The van der Waals surface area contributed by atoms with Crippen molar-refractivity contribution in [3.05, 3.63) is 212 Å². The van der Waals surface area contributed by atoms with E-state index in [0.29, 0.717) is 0 Å². The summed E-state index contributed by atoms with van der Waals surface area (Å²) < 4.78 is 7.21. The highest BCUT2D eigenvalue weighted by atomic mass is 15.0. The summed E-state index contributed by atoms with van der Waals surface area (Å²) in [4.78, 5) is 0. The van der Waals surface area contributed by atoms with Gasteiger partial charge in [-0.3, -0.25) is 0 Å². The van der Waals surface area contributed by atoms with Crippen molar-refractivity contribution in [1.29, 1.82) is 0 Å². The van der Waals surface area contributed by atoms with Gasteiger partial charge in [0.1, 0.15) is 0 Å². The molecular weight excluding hydrogens is 691 g/mol. The summed E-state index contributed by atoms with van der Waals surface area (Å²) in [6.45, 7) is 0. The summed E-state index contributed by atoms with van der Waals surface area (Å²) in [5.41, 5.74) is 15.6. The van der Waals surface area contributed by atoms with E-state index in [9.17, 15) is 0 Å². The average Bonchev–Trinajstić information content (AvgIpc) is 3.91. The summed E-state index contributed by atoms with van der Waals surface area (Å²) in [6, 6.07) is 77.4. The van der Waals surface area contributed by atoms with Gasteiger partial charge in [0, 0.05) is 49.4 Å². The van der Waals surface area contributed by atoms with Crippen molar-refractivity contribution in [2.45, 2.75) is 0 Å². The van der Waals surface area contributed by atoms with Crippen LogP contribution in [-0.4, -0.2) is 13.7 Å². The van der Waals surface area contributed by atoms with Crippen molar-refractivity contribution < 1.29 is 0 Å². The summed E-state index contributed by atoms with van der Waals surface area (Å²) in [5, 5.41) is 7.51. The Hall–Kier alpha value is -7.62. The van der Waals surface area contributed by atoms with Crippen LogP contribution in [0.2, 0.25) is 0 Å². The molecule has 12 aromatic rings. The van der Waals surface area contributed by atoms with Gasteiger partial charge in [-0.15, -0.1) is 0 Å². The molecule has 3 heterocycles. The molecule has 57 heavy (non-hydrogen) atoms. The van der Waals surface area contributed by atoms with Crippen LogP contribution in [0, 0.1) is 0 Å². The van der Waals surface area contributed by atoms with Crippen molar-refractivity contribution in [1.82, 2.24) is 13.7 Å². The van der Waals surface area contributed by atoms with Gasteiger partial charge in [0.25, 0.3) is 0 Å². The molecule has 0 bridgehead atoms. The average molecular weight is 726 g/mol. The maximum absolute atomic E-state index is 2.43. The summed E-state index contributed by atoms with van der Waals surface area (Å²) in [5.74, 6) is 0. The number of nitrogens with zero attached hydrogens (tertiary/aromatic N) is 3. The SMILES string of the molecule is c1ccc(-n2c3ccccc3c3cc(-c4ccc(-c5ccc6c(c5)c5cc7c(cc5n6-c5ccccc5)c5ccccc5n7-c5ccccc5)cc4)ccc32)cc1. The Bertz CT molecular complexity index is 3480. The monoisotopic (exact) mass is 725 g/mol. The first kappa shape index (κ1) is 31.7. The zero-order valence-corrected chi connectivity index (χ0v) is 31.0. The van der Waals surface area contributed by atoms with Crippen molar-refractivity contribution in [2.75, 3.05) is 0 Å². The van der Waals surface area contributed by atoms with Gasteiger partial charge in [0.05, 0.1) is 33.1 Å². The van der Waals surface area contributed by atoms with E-state index in [4.69, 9.17) is 0 Å². The van der Waals surface area contributed by atoms with Crippen molar-refractivity contribution in [3.63, 3.8) is 0 Å². The van der Waals surface area contributed by atoms with Crippen LogP contribution in [0.15, 0.2) is 212 Å². The Morgan fingerprint density at radius 3 is 0.930 bits per heavy atom. The lowest BCUT2D eigenvalue weighted by Gasteiger charge is -2.09. The van der Waals surface area contributed by atoms with Gasteiger partial charge in [0.2, 0.25) is 0 Å². The number of rotatable bonds is 5. The first-order valence-electron chi connectivity index (χ1n) is 19.6. The Morgan fingerprint density at radius 2 is 0.491 bits per heavy atom. The number of hydrogen-bond donors (Lipinski definition) is 0. The van der Waals surface area contributed by atoms with Crippen LogP contribution >= 0.6 is 0 Å². The zero-order valence-electron chi connectivity index (χ0n) is 31.0. The molecule has 12 rings (SSSR count). The highest BCUT2D eigenvalue weighted by Gasteiger charge is 2.19. The zero-order chi connectivity index (χ0) is 37.5. The molecule has 0 N–H and O–H groups in total. The van der Waals surface area contributed by atoms with E-state index in [-0.39, 0.29) is 0 Å². The lowest BCUT2D eigenvalue weighted by molar-refractivity contribution is 1.17. The Balaban J connectivity index is 1.01. The van der Waals surface area contributed by atoms with Crippen LogP contribution < -0.4 is 0 Å². The summed E-state index contributed by atoms with van der Waals surface area (Å²) >= 11 is 0. The van der Waals surface area contributed by atoms with E-state index >= 15 is 0 Å². The number of hydrogen-bond acceptors (Lipinski definition) is 0. The molecule has 3 heteroatoms. The second kappa shape index (κ2) is 12.5. The minimum absolute atomic E-state index is 1.16. The lowest BCUT2D eigenvalue weighted by atomic mass is 9.98. The van der Waals surface area contributed by atoms with Crippen LogP contribution in [0.1, 0.15) is 0 Å². The molecule has 0 spiro atoms. The minimum atomic E-state index is 1.16. The normalized spacial score (nSPS) is 11.9.